The lowest BCUT2D eigenvalue weighted by atomic mass is 9.97. The Labute approximate surface area is 188 Å². The van der Waals surface area contributed by atoms with Crippen molar-refractivity contribution in [3.05, 3.63) is 69.7 Å². The molecule has 1 aliphatic heterocycles. The van der Waals surface area contributed by atoms with Crippen LogP contribution < -0.4 is 5.32 Å². The molecule has 0 saturated carbocycles. The number of nitrogens with zero attached hydrogens (tertiary/aromatic N) is 1. The second-order valence-electron chi connectivity index (χ2n) is 7.53. The van der Waals surface area contributed by atoms with E-state index in [-0.39, 0.29) is 30.2 Å². The third-order valence-electron chi connectivity index (χ3n) is 5.46. The van der Waals surface area contributed by atoms with E-state index in [1.54, 1.807) is 18.2 Å². The Morgan fingerprint density at radius 1 is 1.13 bits per heavy atom. The van der Waals surface area contributed by atoms with E-state index in [1.807, 2.05) is 37.3 Å². The zero-order valence-electron chi connectivity index (χ0n) is 16.9. The zero-order chi connectivity index (χ0) is 21.7. The molecule has 1 aliphatic rings. The molecular formula is C22H26Cl2N2O3S. The van der Waals surface area contributed by atoms with Crippen LogP contribution in [-0.4, -0.2) is 31.7 Å². The first-order chi connectivity index (χ1) is 14.3. The SMILES string of the molecule is CC[C@@H](NC(=O)[C@H]1CCCN(S(=O)(=O)Cc2c(Cl)cccc2Cl)C1)c1ccccc1. The highest BCUT2D eigenvalue weighted by molar-refractivity contribution is 7.88. The van der Waals surface area contributed by atoms with Crippen molar-refractivity contribution >= 4 is 39.1 Å². The van der Waals surface area contributed by atoms with Crippen LogP contribution in [0.3, 0.4) is 0 Å². The molecule has 0 unspecified atom stereocenters. The van der Waals surface area contributed by atoms with Crippen LogP contribution in [0.5, 0.6) is 0 Å². The molecule has 5 nitrogen and oxygen atoms in total. The van der Waals surface area contributed by atoms with Crippen LogP contribution in [0.25, 0.3) is 0 Å². The van der Waals surface area contributed by atoms with Gasteiger partial charge >= 0.3 is 0 Å². The first-order valence-corrected chi connectivity index (χ1v) is 12.4. The lowest BCUT2D eigenvalue weighted by Gasteiger charge is -2.32. The fourth-order valence-corrected chi connectivity index (χ4v) is 6.11. The highest BCUT2D eigenvalue weighted by atomic mass is 35.5. The Balaban J connectivity index is 1.69. The van der Waals surface area contributed by atoms with Gasteiger partial charge in [-0.25, -0.2) is 12.7 Å². The third kappa shape index (κ3) is 5.55. The highest BCUT2D eigenvalue weighted by Gasteiger charge is 2.33. The van der Waals surface area contributed by atoms with Gasteiger partial charge in [0.15, 0.2) is 0 Å². The first-order valence-electron chi connectivity index (χ1n) is 10.1. The molecular weight excluding hydrogens is 443 g/mol. The van der Waals surface area contributed by atoms with E-state index in [9.17, 15) is 13.2 Å². The largest absolute Gasteiger partial charge is 0.349 e. The monoisotopic (exact) mass is 468 g/mol. The molecule has 1 amide bonds. The minimum Gasteiger partial charge on any atom is -0.349 e. The molecule has 3 rings (SSSR count). The minimum absolute atomic E-state index is 0.0902. The van der Waals surface area contributed by atoms with Crippen molar-refractivity contribution in [1.82, 2.24) is 9.62 Å². The summed E-state index contributed by atoms with van der Waals surface area (Å²) in [5, 5.41) is 3.74. The molecule has 30 heavy (non-hydrogen) atoms. The summed E-state index contributed by atoms with van der Waals surface area (Å²) in [5.74, 6) is -0.768. The van der Waals surface area contributed by atoms with Gasteiger partial charge in [0, 0.05) is 28.7 Å². The van der Waals surface area contributed by atoms with Crippen molar-refractivity contribution < 1.29 is 13.2 Å². The summed E-state index contributed by atoms with van der Waals surface area (Å²) in [7, 11) is -3.65. The molecule has 1 heterocycles. The maximum atomic E-state index is 13.0. The summed E-state index contributed by atoms with van der Waals surface area (Å²) in [5.41, 5.74) is 1.43. The number of amides is 1. The fourth-order valence-electron chi connectivity index (χ4n) is 3.75. The van der Waals surface area contributed by atoms with Gasteiger partial charge in [0.2, 0.25) is 15.9 Å². The number of halogens is 2. The van der Waals surface area contributed by atoms with Gasteiger partial charge in [-0.1, -0.05) is 66.5 Å². The van der Waals surface area contributed by atoms with Crippen molar-refractivity contribution in [2.75, 3.05) is 13.1 Å². The normalized spacial score (nSPS) is 18.7. The second-order valence-corrected chi connectivity index (χ2v) is 10.3. The van der Waals surface area contributed by atoms with Gasteiger partial charge in [0.25, 0.3) is 0 Å². The van der Waals surface area contributed by atoms with Gasteiger partial charge in [-0.3, -0.25) is 4.79 Å². The van der Waals surface area contributed by atoms with Crippen LogP contribution in [0.4, 0.5) is 0 Å². The predicted molar refractivity (Wildman–Crippen MR) is 121 cm³/mol. The molecule has 0 aliphatic carbocycles. The van der Waals surface area contributed by atoms with Crippen molar-refractivity contribution in [2.45, 2.75) is 38.0 Å². The molecule has 1 N–H and O–H groups in total. The number of carbonyl (C=O) groups excluding carboxylic acids is 1. The van der Waals surface area contributed by atoms with Crippen molar-refractivity contribution in [2.24, 2.45) is 5.92 Å². The predicted octanol–water partition coefficient (Wildman–Crippen LogP) is 4.80. The van der Waals surface area contributed by atoms with E-state index < -0.39 is 10.0 Å². The van der Waals surface area contributed by atoms with E-state index >= 15 is 0 Å². The van der Waals surface area contributed by atoms with E-state index in [4.69, 9.17) is 23.2 Å². The van der Waals surface area contributed by atoms with Crippen LogP contribution in [0.1, 0.15) is 43.4 Å². The van der Waals surface area contributed by atoms with E-state index in [2.05, 4.69) is 5.32 Å². The molecule has 1 saturated heterocycles. The van der Waals surface area contributed by atoms with Crippen LogP contribution in [0, 0.1) is 5.92 Å². The van der Waals surface area contributed by atoms with Crippen LogP contribution in [0.2, 0.25) is 10.0 Å². The number of rotatable bonds is 7. The van der Waals surface area contributed by atoms with E-state index in [0.29, 0.717) is 35.0 Å². The molecule has 162 valence electrons. The van der Waals surface area contributed by atoms with Crippen molar-refractivity contribution in [3.8, 4) is 0 Å². The molecule has 1 fully saturated rings. The molecule has 2 aromatic rings. The number of hydrogen-bond donors (Lipinski definition) is 1. The molecule has 0 aromatic heterocycles. The molecule has 2 atom stereocenters. The summed E-state index contributed by atoms with van der Waals surface area (Å²) in [6, 6.07) is 14.6. The molecule has 0 radical (unpaired) electrons. The standard InChI is InChI=1S/C22H26Cl2N2O3S/c1-2-21(16-8-4-3-5-9-16)25-22(27)17-10-7-13-26(14-17)30(28,29)15-18-19(23)11-6-12-20(18)24/h3-6,8-9,11-12,17,21H,2,7,10,13-15H2,1H3,(H,25,27)/t17-,21+/m0/s1. The summed E-state index contributed by atoms with van der Waals surface area (Å²) in [6.45, 7) is 2.58. The second kappa shape index (κ2) is 10.1. The molecule has 0 bridgehead atoms. The van der Waals surface area contributed by atoms with Gasteiger partial charge in [0.05, 0.1) is 17.7 Å². The number of benzene rings is 2. The molecule has 0 spiro atoms. The number of sulfonamides is 1. The Bertz CT molecular complexity index is 963. The highest BCUT2D eigenvalue weighted by Crippen LogP contribution is 2.29. The maximum absolute atomic E-state index is 13.0. The Morgan fingerprint density at radius 3 is 2.43 bits per heavy atom. The van der Waals surface area contributed by atoms with Crippen molar-refractivity contribution in [1.29, 1.82) is 0 Å². The number of piperidine rings is 1. The maximum Gasteiger partial charge on any atom is 0.224 e. The Morgan fingerprint density at radius 2 is 1.80 bits per heavy atom. The number of carbonyl (C=O) groups is 1. The van der Waals surface area contributed by atoms with Gasteiger partial charge in [-0.2, -0.15) is 0 Å². The van der Waals surface area contributed by atoms with E-state index in [0.717, 1.165) is 12.0 Å². The average Bonchev–Trinajstić information content (AvgIpc) is 2.75. The summed E-state index contributed by atoms with van der Waals surface area (Å²) in [4.78, 5) is 12.9. The Hall–Kier alpha value is -1.60. The average molecular weight is 469 g/mol. The summed E-state index contributed by atoms with van der Waals surface area (Å²) < 4.78 is 27.4. The smallest absolute Gasteiger partial charge is 0.224 e. The van der Waals surface area contributed by atoms with Crippen LogP contribution in [-0.2, 0) is 20.6 Å². The van der Waals surface area contributed by atoms with Crippen LogP contribution in [0.15, 0.2) is 48.5 Å². The number of hydrogen-bond acceptors (Lipinski definition) is 3. The quantitative estimate of drug-likeness (QED) is 0.634. The first kappa shape index (κ1) is 23.1. The summed E-state index contributed by atoms with van der Waals surface area (Å²) >= 11 is 12.3. The van der Waals surface area contributed by atoms with Gasteiger partial charge in [-0.05, 0) is 37.0 Å². The number of nitrogens with one attached hydrogen (secondary N) is 1. The van der Waals surface area contributed by atoms with Crippen LogP contribution >= 0.6 is 23.2 Å². The van der Waals surface area contributed by atoms with Crippen molar-refractivity contribution in [3.63, 3.8) is 0 Å². The molecule has 2 aromatic carbocycles. The Kier molecular flexibility index (Phi) is 7.80. The lowest BCUT2D eigenvalue weighted by Crippen LogP contribution is -2.46. The topological polar surface area (TPSA) is 66.5 Å². The summed E-state index contributed by atoms with van der Waals surface area (Å²) in [6.07, 6.45) is 2.06. The third-order valence-corrected chi connectivity index (χ3v) is 7.94. The van der Waals surface area contributed by atoms with E-state index in [1.165, 1.54) is 4.31 Å². The van der Waals surface area contributed by atoms with Gasteiger partial charge < -0.3 is 5.32 Å². The van der Waals surface area contributed by atoms with Gasteiger partial charge in [-0.15, -0.1) is 0 Å². The fraction of sp³-hybridized carbons (Fsp3) is 0.409. The van der Waals surface area contributed by atoms with Gasteiger partial charge in [0.1, 0.15) is 0 Å². The molecule has 8 heteroatoms. The zero-order valence-corrected chi connectivity index (χ0v) is 19.2. The lowest BCUT2D eigenvalue weighted by molar-refractivity contribution is -0.126. The minimum atomic E-state index is -3.65.